The molecule has 0 spiro atoms. The van der Waals surface area contributed by atoms with E-state index in [4.69, 9.17) is 5.73 Å². The van der Waals surface area contributed by atoms with Crippen molar-refractivity contribution in [1.82, 2.24) is 0 Å². The molecule has 0 fully saturated rings. The Kier molecular flexibility index (Phi) is 4.70. The highest BCUT2D eigenvalue weighted by molar-refractivity contribution is 5.95. The molecule has 1 aliphatic rings. The van der Waals surface area contributed by atoms with Crippen LogP contribution in [0, 0.1) is 6.92 Å². The van der Waals surface area contributed by atoms with Crippen LogP contribution in [0.15, 0.2) is 42.5 Å². The Hall–Kier alpha value is -2.13. The largest absolute Gasteiger partial charge is 0.324 e. The van der Waals surface area contributed by atoms with Crippen molar-refractivity contribution in [3.63, 3.8) is 0 Å². The van der Waals surface area contributed by atoms with Crippen LogP contribution in [0.3, 0.4) is 0 Å². The maximum absolute atomic E-state index is 12.6. The molecule has 3 nitrogen and oxygen atoms in total. The minimum absolute atomic E-state index is 0.105. The summed E-state index contributed by atoms with van der Waals surface area (Å²) in [5.74, 6) is -0.179. The normalized spacial score (nSPS) is 18.7. The van der Waals surface area contributed by atoms with Gasteiger partial charge in [-0.3, -0.25) is 4.79 Å². The van der Waals surface area contributed by atoms with Crippen molar-refractivity contribution in [3.8, 4) is 0 Å². The van der Waals surface area contributed by atoms with Crippen molar-refractivity contribution in [2.75, 3.05) is 5.32 Å². The lowest BCUT2D eigenvalue weighted by molar-refractivity contribution is -0.117. The molecule has 138 valence electrons. The van der Waals surface area contributed by atoms with Gasteiger partial charge in [0.1, 0.15) is 6.04 Å². The van der Waals surface area contributed by atoms with Crippen molar-refractivity contribution >= 4 is 11.6 Å². The monoisotopic (exact) mass is 350 g/mol. The summed E-state index contributed by atoms with van der Waals surface area (Å²) in [4.78, 5) is 12.6. The molecule has 3 N–H and O–H groups in total. The summed E-state index contributed by atoms with van der Waals surface area (Å²) in [6.45, 7) is 11.2. The van der Waals surface area contributed by atoms with E-state index in [0.717, 1.165) is 23.2 Å². The van der Waals surface area contributed by atoms with Gasteiger partial charge in [-0.25, -0.2) is 0 Å². The van der Waals surface area contributed by atoms with Gasteiger partial charge in [-0.05, 0) is 59.4 Å². The Morgan fingerprint density at radius 2 is 1.54 bits per heavy atom. The molecule has 1 amide bonds. The number of rotatable bonds is 3. The zero-order valence-corrected chi connectivity index (χ0v) is 16.5. The van der Waals surface area contributed by atoms with Gasteiger partial charge >= 0.3 is 0 Å². The molecule has 0 heterocycles. The number of aryl methyl sites for hydroxylation is 1. The van der Waals surface area contributed by atoms with Crippen LogP contribution in [0.4, 0.5) is 5.69 Å². The fraction of sp³-hybridized carbons (Fsp3) is 0.435. The van der Waals surface area contributed by atoms with Gasteiger partial charge in [0, 0.05) is 5.69 Å². The summed E-state index contributed by atoms with van der Waals surface area (Å²) in [6, 6.07) is 13.4. The average Bonchev–Trinajstić information content (AvgIpc) is 2.60. The molecule has 0 radical (unpaired) electrons. The molecular weight excluding hydrogens is 320 g/mol. The molecule has 0 aromatic heterocycles. The van der Waals surface area contributed by atoms with Gasteiger partial charge < -0.3 is 11.1 Å². The van der Waals surface area contributed by atoms with E-state index in [2.05, 4.69) is 45.1 Å². The van der Waals surface area contributed by atoms with E-state index >= 15 is 0 Å². The number of anilines is 1. The number of hydrogen-bond donors (Lipinski definition) is 2. The fourth-order valence-corrected chi connectivity index (χ4v) is 3.81. The second-order valence-corrected chi connectivity index (χ2v) is 8.91. The highest BCUT2D eigenvalue weighted by atomic mass is 16.2. The zero-order chi connectivity index (χ0) is 19.1. The van der Waals surface area contributed by atoms with E-state index in [1.54, 1.807) is 0 Å². The van der Waals surface area contributed by atoms with Crippen LogP contribution in [0.25, 0.3) is 0 Å². The molecule has 3 rings (SSSR count). The number of benzene rings is 2. The van der Waals surface area contributed by atoms with Gasteiger partial charge in [0.15, 0.2) is 0 Å². The lowest BCUT2D eigenvalue weighted by Gasteiger charge is -2.42. The Labute approximate surface area is 157 Å². The van der Waals surface area contributed by atoms with Gasteiger partial charge in [-0.2, -0.15) is 0 Å². The Morgan fingerprint density at radius 3 is 2.15 bits per heavy atom. The Balaban J connectivity index is 1.87. The van der Waals surface area contributed by atoms with Crippen LogP contribution >= 0.6 is 0 Å². The summed E-state index contributed by atoms with van der Waals surface area (Å²) < 4.78 is 0. The zero-order valence-electron chi connectivity index (χ0n) is 16.5. The molecule has 0 saturated carbocycles. The quantitative estimate of drug-likeness (QED) is 0.820. The standard InChI is InChI=1S/C23H30N2O/c1-15-6-9-17(10-7-15)25-21(26)20(24)16-8-11-18-19(14-16)23(4,5)13-12-22(18,2)3/h6-11,14,20H,12-13,24H2,1-5H3,(H,25,26). The van der Waals surface area contributed by atoms with Crippen molar-refractivity contribution in [1.29, 1.82) is 0 Å². The first-order chi connectivity index (χ1) is 12.1. The molecule has 0 bridgehead atoms. The number of nitrogens with one attached hydrogen (secondary N) is 1. The van der Waals surface area contributed by atoms with Gasteiger partial charge in [-0.1, -0.05) is 63.6 Å². The van der Waals surface area contributed by atoms with Gasteiger partial charge in [0.25, 0.3) is 0 Å². The molecule has 1 unspecified atom stereocenters. The third kappa shape index (κ3) is 3.54. The molecule has 26 heavy (non-hydrogen) atoms. The first-order valence-corrected chi connectivity index (χ1v) is 9.38. The lowest BCUT2D eigenvalue weighted by Crippen LogP contribution is -2.35. The summed E-state index contributed by atoms with van der Waals surface area (Å²) in [5.41, 5.74) is 12.1. The highest BCUT2D eigenvalue weighted by Crippen LogP contribution is 2.46. The van der Waals surface area contributed by atoms with Gasteiger partial charge in [0.2, 0.25) is 5.91 Å². The molecule has 3 heteroatoms. The number of carbonyl (C=O) groups is 1. The molecule has 2 aromatic carbocycles. The van der Waals surface area contributed by atoms with E-state index in [-0.39, 0.29) is 16.7 Å². The lowest BCUT2D eigenvalue weighted by atomic mass is 9.63. The van der Waals surface area contributed by atoms with E-state index in [9.17, 15) is 4.79 Å². The summed E-state index contributed by atoms with van der Waals surface area (Å²) in [6.07, 6.45) is 2.31. The maximum Gasteiger partial charge on any atom is 0.245 e. The summed E-state index contributed by atoms with van der Waals surface area (Å²) in [7, 11) is 0. The highest BCUT2D eigenvalue weighted by Gasteiger charge is 2.37. The van der Waals surface area contributed by atoms with Gasteiger partial charge in [0.05, 0.1) is 0 Å². The maximum atomic E-state index is 12.6. The third-order valence-electron chi connectivity index (χ3n) is 5.84. The van der Waals surface area contributed by atoms with E-state index in [0.29, 0.717) is 0 Å². The Bertz CT molecular complexity index is 819. The number of nitrogens with two attached hydrogens (primary N) is 1. The van der Waals surface area contributed by atoms with Crippen LogP contribution in [-0.2, 0) is 15.6 Å². The molecule has 1 atom stereocenters. The number of fused-ring (bicyclic) bond motifs is 1. The molecule has 2 aromatic rings. The molecule has 0 aliphatic heterocycles. The first kappa shape index (κ1) is 18.7. The molecule has 1 aliphatic carbocycles. The predicted octanol–water partition coefficient (Wildman–Crippen LogP) is 4.98. The van der Waals surface area contributed by atoms with E-state index < -0.39 is 6.04 Å². The van der Waals surface area contributed by atoms with Crippen LogP contribution in [-0.4, -0.2) is 5.91 Å². The van der Waals surface area contributed by atoms with Crippen LogP contribution in [0.2, 0.25) is 0 Å². The SMILES string of the molecule is Cc1ccc(NC(=O)C(N)c2ccc3c(c2)C(C)(C)CCC3(C)C)cc1. The van der Waals surface area contributed by atoms with Crippen molar-refractivity contribution in [3.05, 3.63) is 64.7 Å². The second kappa shape index (κ2) is 6.55. The van der Waals surface area contributed by atoms with E-state index in [1.807, 2.05) is 37.3 Å². The average molecular weight is 351 g/mol. The minimum Gasteiger partial charge on any atom is -0.324 e. The first-order valence-electron chi connectivity index (χ1n) is 9.38. The summed E-state index contributed by atoms with van der Waals surface area (Å²) >= 11 is 0. The smallest absolute Gasteiger partial charge is 0.245 e. The number of amides is 1. The van der Waals surface area contributed by atoms with E-state index in [1.165, 1.54) is 17.5 Å². The minimum atomic E-state index is -0.678. The van der Waals surface area contributed by atoms with Crippen LogP contribution < -0.4 is 11.1 Å². The third-order valence-corrected chi connectivity index (χ3v) is 5.84. The summed E-state index contributed by atoms with van der Waals surface area (Å²) in [5, 5.41) is 2.92. The van der Waals surface area contributed by atoms with Crippen molar-refractivity contribution < 1.29 is 4.79 Å². The Morgan fingerprint density at radius 1 is 0.962 bits per heavy atom. The van der Waals surface area contributed by atoms with Gasteiger partial charge in [-0.15, -0.1) is 0 Å². The second-order valence-electron chi connectivity index (χ2n) is 8.91. The molecule has 0 saturated heterocycles. The van der Waals surface area contributed by atoms with Crippen molar-refractivity contribution in [2.45, 2.75) is 64.3 Å². The van der Waals surface area contributed by atoms with Crippen molar-refractivity contribution in [2.24, 2.45) is 5.73 Å². The van der Waals surface area contributed by atoms with Crippen LogP contribution in [0.1, 0.15) is 68.8 Å². The molecular formula is C23H30N2O. The fourth-order valence-electron chi connectivity index (χ4n) is 3.81. The predicted molar refractivity (Wildman–Crippen MR) is 108 cm³/mol. The topological polar surface area (TPSA) is 55.1 Å². The number of carbonyl (C=O) groups excluding carboxylic acids is 1. The number of hydrogen-bond acceptors (Lipinski definition) is 2. The van der Waals surface area contributed by atoms with Crippen LogP contribution in [0.5, 0.6) is 0 Å².